The van der Waals surface area contributed by atoms with Crippen LogP contribution in [-0.4, -0.2) is 35.4 Å². The van der Waals surface area contributed by atoms with E-state index < -0.39 is 0 Å². The second kappa shape index (κ2) is 5.77. The van der Waals surface area contributed by atoms with Crippen LogP contribution in [0.4, 0.5) is 0 Å². The van der Waals surface area contributed by atoms with Crippen LogP contribution < -0.4 is 5.32 Å². The maximum absolute atomic E-state index is 12.0. The van der Waals surface area contributed by atoms with E-state index in [9.17, 15) is 4.79 Å². The number of hydrogen-bond donors (Lipinski definition) is 1. The lowest BCUT2D eigenvalue weighted by Gasteiger charge is -2.19. The maximum Gasteiger partial charge on any atom is 0.224 e. The molecule has 1 atom stereocenters. The van der Waals surface area contributed by atoms with Crippen LogP contribution in [0.15, 0.2) is 24.5 Å². The first-order valence-electron chi connectivity index (χ1n) is 6.12. The molecule has 0 spiro atoms. The molecule has 0 aliphatic carbocycles. The summed E-state index contributed by atoms with van der Waals surface area (Å²) >= 11 is 0. The van der Waals surface area contributed by atoms with Crippen molar-refractivity contribution in [3.05, 3.63) is 30.1 Å². The summed E-state index contributed by atoms with van der Waals surface area (Å²) in [6.45, 7) is 1.71. The molecule has 0 saturated carbocycles. The van der Waals surface area contributed by atoms with Crippen LogP contribution in [0.3, 0.4) is 0 Å². The van der Waals surface area contributed by atoms with Gasteiger partial charge in [0.05, 0.1) is 0 Å². The van der Waals surface area contributed by atoms with Crippen molar-refractivity contribution in [1.29, 1.82) is 0 Å². The van der Waals surface area contributed by atoms with Gasteiger partial charge in [-0.1, -0.05) is 0 Å². The third-order valence-corrected chi connectivity index (χ3v) is 3.18. The molecule has 1 N–H and O–H groups in total. The SMILES string of the molecule is CN(Cc1ccncc1)C(=O)CC1CCCN1. The molecular formula is C13H19N3O. The molecule has 2 heterocycles. The normalized spacial score (nSPS) is 19.2. The van der Waals surface area contributed by atoms with Crippen LogP contribution in [-0.2, 0) is 11.3 Å². The van der Waals surface area contributed by atoms with E-state index in [1.54, 1.807) is 17.3 Å². The molecule has 1 saturated heterocycles. The highest BCUT2D eigenvalue weighted by Gasteiger charge is 2.19. The van der Waals surface area contributed by atoms with E-state index in [1.165, 1.54) is 6.42 Å². The average molecular weight is 233 g/mol. The van der Waals surface area contributed by atoms with Crippen LogP contribution in [0.25, 0.3) is 0 Å². The molecule has 4 heteroatoms. The Hall–Kier alpha value is -1.42. The zero-order chi connectivity index (χ0) is 12.1. The van der Waals surface area contributed by atoms with E-state index >= 15 is 0 Å². The fourth-order valence-electron chi connectivity index (χ4n) is 2.15. The zero-order valence-electron chi connectivity index (χ0n) is 10.2. The second-order valence-electron chi connectivity index (χ2n) is 4.60. The largest absolute Gasteiger partial charge is 0.341 e. The molecule has 1 fully saturated rings. The van der Waals surface area contributed by atoms with Gasteiger partial charge in [0.1, 0.15) is 0 Å². The number of carbonyl (C=O) groups excluding carboxylic acids is 1. The summed E-state index contributed by atoms with van der Waals surface area (Å²) in [5, 5.41) is 3.35. The first kappa shape index (κ1) is 12.0. The van der Waals surface area contributed by atoms with E-state index in [4.69, 9.17) is 0 Å². The molecule has 1 aliphatic rings. The van der Waals surface area contributed by atoms with Crippen molar-refractivity contribution < 1.29 is 4.79 Å². The van der Waals surface area contributed by atoms with Gasteiger partial charge in [0, 0.05) is 38.4 Å². The van der Waals surface area contributed by atoms with E-state index in [0.717, 1.165) is 18.5 Å². The molecule has 1 unspecified atom stereocenters. The van der Waals surface area contributed by atoms with Crippen LogP contribution in [0.1, 0.15) is 24.8 Å². The molecule has 17 heavy (non-hydrogen) atoms. The lowest BCUT2D eigenvalue weighted by atomic mass is 10.1. The Morgan fingerprint density at radius 1 is 1.53 bits per heavy atom. The van der Waals surface area contributed by atoms with Crippen molar-refractivity contribution in [2.75, 3.05) is 13.6 Å². The molecule has 0 bridgehead atoms. The standard InChI is InChI=1S/C13H19N3O/c1-16(10-11-4-7-14-8-5-11)13(17)9-12-3-2-6-15-12/h4-5,7-8,12,15H,2-3,6,9-10H2,1H3. The van der Waals surface area contributed by atoms with E-state index in [1.807, 2.05) is 19.2 Å². The van der Waals surface area contributed by atoms with Gasteiger partial charge in [0.15, 0.2) is 0 Å². The van der Waals surface area contributed by atoms with E-state index in [2.05, 4.69) is 10.3 Å². The Balaban J connectivity index is 1.82. The van der Waals surface area contributed by atoms with Crippen LogP contribution in [0.5, 0.6) is 0 Å². The van der Waals surface area contributed by atoms with Gasteiger partial charge in [-0.25, -0.2) is 0 Å². The van der Waals surface area contributed by atoms with Crippen molar-refractivity contribution in [2.24, 2.45) is 0 Å². The van der Waals surface area contributed by atoms with Crippen LogP contribution in [0, 0.1) is 0 Å². The van der Waals surface area contributed by atoms with Gasteiger partial charge in [-0.15, -0.1) is 0 Å². The summed E-state index contributed by atoms with van der Waals surface area (Å²) in [6.07, 6.45) is 6.43. The quantitative estimate of drug-likeness (QED) is 0.849. The number of aromatic nitrogens is 1. The highest BCUT2D eigenvalue weighted by atomic mass is 16.2. The Morgan fingerprint density at radius 3 is 2.94 bits per heavy atom. The van der Waals surface area contributed by atoms with Gasteiger partial charge in [-0.3, -0.25) is 9.78 Å². The molecule has 1 amide bonds. The van der Waals surface area contributed by atoms with Gasteiger partial charge in [0.2, 0.25) is 5.91 Å². The Kier molecular flexibility index (Phi) is 4.09. The lowest BCUT2D eigenvalue weighted by molar-refractivity contribution is -0.130. The van der Waals surface area contributed by atoms with Crippen LogP contribution in [0.2, 0.25) is 0 Å². The minimum absolute atomic E-state index is 0.209. The predicted molar refractivity (Wildman–Crippen MR) is 66.4 cm³/mol. The van der Waals surface area contributed by atoms with Crippen molar-refractivity contribution in [3.63, 3.8) is 0 Å². The number of nitrogens with zero attached hydrogens (tertiary/aromatic N) is 2. The maximum atomic E-state index is 12.0. The smallest absolute Gasteiger partial charge is 0.224 e. The predicted octanol–water partition coefficient (Wildman–Crippen LogP) is 1.18. The molecule has 1 aromatic rings. The number of amides is 1. The number of nitrogens with one attached hydrogen (secondary N) is 1. The Labute approximate surface area is 102 Å². The van der Waals surface area contributed by atoms with Crippen molar-refractivity contribution in [1.82, 2.24) is 15.2 Å². The topological polar surface area (TPSA) is 45.2 Å². The zero-order valence-corrected chi connectivity index (χ0v) is 10.2. The van der Waals surface area contributed by atoms with Crippen molar-refractivity contribution >= 4 is 5.91 Å². The minimum Gasteiger partial charge on any atom is -0.341 e. The van der Waals surface area contributed by atoms with Gasteiger partial charge in [-0.05, 0) is 37.1 Å². The molecular weight excluding hydrogens is 214 g/mol. The summed E-state index contributed by atoms with van der Waals surface area (Å²) < 4.78 is 0. The fraction of sp³-hybridized carbons (Fsp3) is 0.538. The molecule has 0 aromatic carbocycles. The third-order valence-electron chi connectivity index (χ3n) is 3.18. The minimum atomic E-state index is 0.209. The summed E-state index contributed by atoms with van der Waals surface area (Å²) in [6, 6.07) is 4.26. The number of carbonyl (C=O) groups is 1. The fourth-order valence-corrected chi connectivity index (χ4v) is 2.15. The summed E-state index contributed by atoms with van der Waals surface area (Å²) in [4.78, 5) is 17.7. The summed E-state index contributed by atoms with van der Waals surface area (Å²) in [5.41, 5.74) is 1.12. The van der Waals surface area contributed by atoms with Gasteiger partial charge >= 0.3 is 0 Å². The highest BCUT2D eigenvalue weighted by Crippen LogP contribution is 2.11. The molecule has 4 nitrogen and oxygen atoms in total. The molecule has 1 aromatic heterocycles. The first-order chi connectivity index (χ1) is 8.25. The van der Waals surface area contributed by atoms with Crippen LogP contribution >= 0.6 is 0 Å². The van der Waals surface area contributed by atoms with Gasteiger partial charge in [-0.2, -0.15) is 0 Å². The van der Waals surface area contributed by atoms with Crippen molar-refractivity contribution in [3.8, 4) is 0 Å². The number of pyridine rings is 1. The van der Waals surface area contributed by atoms with Crippen molar-refractivity contribution in [2.45, 2.75) is 31.8 Å². The summed E-state index contributed by atoms with van der Waals surface area (Å²) in [5.74, 6) is 0.209. The molecule has 1 aliphatic heterocycles. The molecule has 0 radical (unpaired) electrons. The molecule has 92 valence electrons. The van der Waals surface area contributed by atoms with E-state index in [-0.39, 0.29) is 5.91 Å². The highest BCUT2D eigenvalue weighted by molar-refractivity contribution is 5.76. The van der Waals surface area contributed by atoms with Gasteiger partial charge < -0.3 is 10.2 Å². The third kappa shape index (κ3) is 3.53. The van der Waals surface area contributed by atoms with E-state index in [0.29, 0.717) is 19.0 Å². The second-order valence-corrected chi connectivity index (χ2v) is 4.60. The summed E-state index contributed by atoms with van der Waals surface area (Å²) in [7, 11) is 1.86. The average Bonchev–Trinajstić information content (AvgIpc) is 2.83. The molecule has 2 rings (SSSR count). The number of rotatable bonds is 4. The Bertz CT molecular complexity index is 360. The first-order valence-corrected chi connectivity index (χ1v) is 6.12. The monoisotopic (exact) mass is 233 g/mol. The number of hydrogen-bond acceptors (Lipinski definition) is 3. The van der Waals surface area contributed by atoms with Gasteiger partial charge in [0.25, 0.3) is 0 Å². The lowest BCUT2D eigenvalue weighted by Crippen LogP contribution is -2.33. The Morgan fingerprint density at radius 2 is 2.29 bits per heavy atom.